The number of amides is 4. The normalized spacial score (nSPS) is 23.7. The molecule has 4 atom stereocenters. The molecule has 3 heterocycles. The molecule has 0 radical (unpaired) electrons. The summed E-state index contributed by atoms with van der Waals surface area (Å²) in [5, 5.41) is 0. The standard InChI is InChI=1S/C33H28N4O4/c1-20-34-29-24(25-18-27(38)36(31(25)39)22-13-7-3-8-14-22)17-26-28(30(29)35(20)19-21-11-5-2-6-12-21)33(41)37(32(26)40)23-15-9-4-10-16-23/h2-16,24-26,28H,17-19H2,1H3/t24-,25+,26+,28+/m1/s1. The lowest BCUT2D eigenvalue weighted by atomic mass is 9.70. The van der Waals surface area contributed by atoms with E-state index < -0.39 is 23.7 Å². The van der Waals surface area contributed by atoms with Crippen molar-refractivity contribution in [2.45, 2.75) is 38.1 Å². The van der Waals surface area contributed by atoms with Crippen molar-refractivity contribution in [1.82, 2.24) is 9.55 Å². The third-order valence-corrected chi connectivity index (χ3v) is 8.69. The van der Waals surface area contributed by atoms with E-state index in [0.717, 1.165) is 5.56 Å². The molecular formula is C33H28N4O4. The maximum Gasteiger partial charge on any atom is 0.243 e. The first-order chi connectivity index (χ1) is 19.9. The Hall–Kier alpha value is -4.85. The fourth-order valence-electron chi connectivity index (χ4n) is 6.83. The summed E-state index contributed by atoms with van der Waals surface area (Å²) >= 11 is 0. The van der Waals surface area contributed by atoms with Gasteiger partial charge in [-0.15, -0.1) is 0 Å². The highest BCUT2D eigenvalue weighted by Gasteiger charge is 2.58. The zero-order valence-electron chi connectivity index (χ0n) is 22.5. The van der Waals surface area contributed by atoms with Crippen LogP contribution in [0.1, 0.15) is 47.5 Å². The summed E-state index contributed by atoms with van der Waals surface area (Å²) in [7, 11) is 0. The van der Waals surface area contributed by atoms with Crippen LogP contribution < -0.4 is 9.80 Å². The average Bonchev–Trinajstić information content (AvgIpc) is 3.57. The first-order valence-electron chi connectivity index (χ1n) is 13.9. The van der Waals surface area contributed by atoms with Gasteiger partial charge >= 0.3 is 0 Å². The predicted molar refractivity (Wildman–Crippen MR) is 152 cm³/mol. The number of imide groups is 2. The summed E-state index contributed by atoms with van der Waals surface area (Å²) in [6, 6.07) is 27.8. The number of hydrogen-bond donors (Lipinski definition) is 0. The van der Waals surface area contributed by atoms with Crippen LogP contribution in [0.5, 0.6) is 0 Å². The van der Waals surface area contributed by atoms with E-state index in [1.807, 2.05) is 54.0 Å². The van der Waals surface area contributed by atoms with Gasteiger partial charge in [0.1, 0.15) is 5.82 Å². The summed E-state index contributed by atoms with van der Waals surface area (Å²) in [6.07, 6.45) is 0.310. The van der Waals surface area contributed by atoms with Gasteiger partial charge in [-0.1, -0.05) is 66.7 Å². The van der Waals surface area contributed by atoms with Crippen molar-refractivity contribution in [1.29, 1.82) is 0 Å². The SMILES string of the molecule is Cc1nc2c(n1Cc1ccccc1)[C@H]1C(=O)N(c3ccccc3)C(=O)[C@H]1C[C@@H]2[C@@H]1CC(=O)N(c2ccccc2)C1=O. The number of anilines is 2. The lowest BCUT2D eigenvalue weighted by molar-refractivity contribution is -0.125. The number of aryl methyl sites for hydroxylation is 1. The molecule has 3 aliphatic rings. The van der Waals surface area contributed by atoms with Gasteiger partial charge in [-0.3, -0.25) is 24.1 Å². The molecule has 2 aliphatic heterocycles. The van der Waals surface area contributed by atoms with E-state index in [2.05, 4.69) is 0 Å². The number of aromatic nitrogens is 2. The average molecular weight is 545 g/mol. The Morgan fingerprint density at radius 2 is 1.24 bits per heavy atom. The third-order valence-electron chi connectivity index (χ3n) is 8.69. The number of carbonyl (C=O) groups excluding carboxylic acids is 4. The Kier molecular flexibility index (Phi) is 5.92. The zero-order chi connectivity index (χ0) is 28.2. The van der Waals surface area contributed by atoms with Crippen molar-refractivity contribution < 1.29 is 19.2 Å². The monoisotopic (exact) mass is 544 g/mol. The highest BCUT2D eigenvalue weighted by atomic mass is 16.2. The van der Waals surface area contributed by atoms with Gasteiger partial charge in [0.15, 0.2) is 0 Å². The maximum absolute atomic E-state index is 14.0. The number of nitrogens with zero attached hydrogens (tertiary/aromatic N) is 4. The smallest absolute Gasteiger partial charge is 0.243 e. The molecule has 0 bridgehead atoms. The number of rotatable bonds is 5. The molecule has 4 amide bonds. The number of imidazole rings is 1. The van der Waals surface area contributed by atoms with E-state index >= 15 is 0 Å². The highest BCUT2D eigenvalue weighted by molar-refractivity contribution is 6.24. The number of para-hydroxylation sites is 2. The second-order valence-corrected chi connectivity index (χ2v) is 11.0. The molecule has 4 aromatic rings. The van der Waals surface area contributed by atoms with Gasteiger partial charge in [0, 0.05) is 18.9 Å². The van der Waals surface area contributed by atoms with Gasteiger partial charge in [-0.25, -0.2) is 9.88 Å². The van der Waals surface area contributed by atoms with Crippen LogP contribution in [0.4, 0.5) is 11.4 Å². The molecule has 2 saturated heterocycles. The molecular weight excluding hydrogens is 516 g/mol. The number of benzene rings is 3. The summed E-state index contributed by atoms with van der Waals surface area (Å²) in [4.78, 5) is 62.5. The summed E-state index contributed by atoms with van der Waals surface area (Å²) in [5.41, 5.74) is 3.43. The fraction of sp³-hybridized carbons (Fsp3) is 0.242. The molecule has 41 heavy (non-hydrogen) atoms. The maximum atomic E-state index is 14.0. The number of carbonyl (C=O) groups is 4. The quantitative estimate of drug-likeness (QED) is 0.343. The zero-order valence-corrected chi connectivity index (χ0v) is 22.5. The second-order valence-electron chi connectivity index (χ2n) is 11.0. The van der Waals surface area contributed by atoms with Crippen molar-refractivity contribution in [2.75, 3.05) is 9.80 Å². The minimum absolute atomic E-state index is 0.0321. The lowest BCUT2D eigenvalue weighted by Crippen LogP contribution is -2.35. The minimum Gasteiger partial charge on any atom is -0.327 e. The Morgan fingerprint density at radius 3 is 1.88 bits per heavy atom. The van der Waals surface area contributed by atoms with Crippen molar-refractivity contribution in [3.63, 3.8) is 0 Å². The molecule has 8 heteroatoms. The van der Waals surface area contributed by atoms with Crippen molar-refractivity contribution in [3.05, 3.63) is 114 Å². The van der Waals surface area contributed by atoms with Crippen LogP contribution in [0, 0.1) is 18.8 Å². The van der Waals surface area contributed by atoms with Gasteiger partial charge in [0.25, 0.3) is 0 Å². The van der Waals surface area contributed by atoms with E-state index in [4.69, 9.17) is 4.98 Å². The van der Waals surface area contributed by atoms with Crippen LogP contribution in [0.3, 0.4) is 0 Å². The predicted octanol–water partition coefficient (Wildman–Crippen LogP) is 4.58. The lowest BCUT2D eigenvalue weighted by Gasteiger charge is -2.32. The molecule has 3 aromatic carbocycles. The van der Waals surface area contributed by atoms with Crippen LogP contribution in [0.25, 0.3) is 0 Å². The molecule has 0 spiro atoms. The number of fused-ring (bicyclic) bond motifs is 3. The Morgan fingerprint density at radius 1 is 0.683 bits per heavy atom. The van der Waals surface area contributed by atoms with Crippen LogP contribution in [-0.4, -0.2) is 33.2 Å². The molecule has 7 rings (SSSR count). The van der Waals surface area contributed by atoms with E-state index in [-0.39, 0.29) is 36.5 Å². The van der Waals surface area contributed by atoms with Gasteiger partial charge < -0.3 is 4.57 Å². The van der Waals surface area contributed by atoms with Crippen molar-refractivity contribution in [2.24, 2.45) is 11.8 Å². The van der Waals surface area contributed by atoms with E-state index in [9.17, 15) is 19.2 Å². The first-order valence-corrected chi connectivity index (χ1v) is 13.9. The van der Waals surface area contributed by atoms with Crippen molar-refractivity contribution in [3.8, 4) is 0 Å². The Labute approximate surface area is 237 Å². The van der Waals surface area contributed by atoms with Crippen LogP contribution in [-0.2, 0) is 25.7 Å². The summed E-state index contributed by atoms with van der Waals surface area (Å²) in [5.74, 6) is -2.91. The number of hydrogen-bond acceptors (Lipinski definition) is 5. The van der Waals surface area contributed by atoms with Gasteiger partial charge in [-0.05, 0) is 43.2 Å². The summed E-state index contributed by atoms with van der Waals surface area (Å²) in [6.45, 7) is 2.37. The van der Waals surface area contributed by atoms with Crippen LogP contribution in [0.15, 0.2) is 91.0 Å². The fourth-order valence-corrected chi connectivity index (χ4v) is 6.83. The Bertz CT molecular complexity index is 1680. The highest BCUT2D eigenvalue weighted by Crippen LogP contribution is 2.52. The van der Waals surface area contributed by atoms with Crippen LogP contribution in [0.2, 0.25) is 0 Å². The van der Waals surface area contributed by atoms with E-state index in [1.54, 1.807) is 48.5 Å². The Balaban J connectivity index is 1.34. The van der Waals surface area contributed by atoms with Crippen molar-refractivity contribution >= 4 is 35.0 Å². The van der Waals surface area contributed by atoms with E-state index in [0.29, 0.717) is 35.1 Å². The molecule has 2 fully saturated rings. The summed E-state index contributed by atoms with van der Waals surface area (Å²) < 4.78 is 2.02. The van der Waals surface area contributed by atoms with Gasteiger partial charge in [0.05, 0.1) is 40.5 Å². The largest absolute Gasteiger partial charge is 0.327 e. The second kappa shape index (κ2) is 9.66. The third kappa shape index (κ3) is 3.93. The van der Waals surface area contributed by atoms with Crippen LogP contribution >= 0.6 is 0 Å². The molecule has 1 aromatic heterocycles. The molecule has 0 N–H and O–H groups in total. The van der Waals surface area contributed by atoms with Gasteiger partial charge in [-0.2, -0.15) is 0 Å². The first kappa shape index (κ1) is 25.1. The molecule has 204 valence electrons. The minimum atomic E-state index is -0.712. The topological polar surface area (TPSA) is 92.6 Å². The van der Waals surface area contributed by atoms with Gasteiger partial charge in [0.2, 0.25) is 23.6 Å². The van der Waals surface area contributed by atoms with E-state index in [1.165, 1.54) is 9.80 Å². The molecule has 0 saturated carbocycles. The molecule has 8 nitrogen and oxygen atoms in total. The molecule has 0 unspecified atom stereocenters. The molecule has 1 aliphatic carbocycles.